The molecular formula is C12H25NO. The van der Waals surface area contributed by atoms with Gasteiger partial charge in [0.05, 0.1) is 6.10 Å². The molecule has 0 bridgehead atoms. The monoisotopic (exact) mass is 199 g/mol. The standard InChI is InChI=1S/C12H25NO/c1-9(2)12(4,5)13-11-6-7-14-10(3)8-11/h9-11,13H,6-8H2,1-5H3. The van der Waals surface area contributed by atoms with E-state index in [0.29, 0.717) is 18.1 Å². The molecule has 2 atom stereocenters. The molecule has 0 aromatic carbocycles. The minimum absolute atomic E-state index is 0.238. The second-order valence-electron chi connectivity index (χ2n) is 5.42. The zero-order valence-corrected chi connectivity index (χ0v) is 10.3. The quantitative estimate of drug-likeness (QED) is 0.754. The smallest absolute Gasteiger partial charge is 0.0561 e. The average molecular weight is 199 g/mol. The van der Waals surface area contributed by atoms with Crippen molar-refractivity contribution in [3.8, 4) is 0 Å². The third kappa shape index (κ3) is 3.25. The van der Waals surface area contributed by atoms with Crippen LogP contribution < -0.4 is 5.32 Å². The first-order valence-electron chi connectivity index (χ1n) is 5.81. The van der Waals surface area contributed by atoms with E-state index in [0.717, 1.165) is 19.4 Å². The Bertz CT molecular complexity index is 177. The zero-order chi connectivity index (χ0) is 10.8. The van der Waals surface area contributed by atoms with Gasteiger partial charge in [0.1, 0.15) is 0 Å². The molecule has 0 aromatic rings. The van der Waals surface area contributed by atoms with Gasteiger partial charge in [-0.2, -0.15) is 0 Å². The zero-order valence-electron chi connectivity index (χ0n) is 10.3. The van der Waals surface area contributed by atoms with Crippen molar-refractivity contribution in [2.24, 2.45) is 5.92 Å². The molecule has 1 fully saturated rings. The van der Waals surface area contributed by atoms with Crippen molar-refractivity contribution in [1.82, 2.24) is 5.32 Å². The summed E-state index contributed by atoms with van der Waals surface area (Å²) in [6.45, 7) is 12.2. The molecule has 1 aliphatic rings. The molecule has 0 spiro atoms. The van der Waals surface area contributed by atoms with E-state index in [-0.39, 0.29) is 5.54 Å². The van der Waals surface area contributed by atoms with E-state index in [1.165, 1.54) is 0 Å². The lowest BCUT2D eigenvalue weighted by molar-refractivity contribution is 0.00610. The van der Waals surface area contributed by atoms with Gasteiger partial charge in [0.2, 0.25) is 0 Å². The number of hydrogen-bond donors (Lipinski definition) is 1. The number of nitrogens with one attached hydrogen (secondary N) is 1. The Hall–Kier alpha value is -0.0800. The van der Waals surface area contributed by atoms with Gasteiger partial charge in [-0.15, -0.1) is 0 Å². The van der Waals surface area contributed by atoms with Crippen molar-refractivity contribution in [2.45, 2.75) is 65.1 Å². The Morgan fingerprint density at radius 2 is 2.00 bits per heavy atom. The van der Waals surface area contributed by atoms with Crippen LogP contribution in [0.4, 0.5) is 0 Å². The maximum atomic E-state index is 5.54. The molecule has 84 valence electrons. The van der Waals surface area contributed by atoms with Gasteiger partial charge in [0.15, 0.2) is 0 Å². The van der Waals surface area contributed by atoms with Crippen LogP contribution in [0.25, 0.3) is 0 Å². The fourth-order valence-electron chi connectivity index (χ4n) is 1.82. The Labute approximate surface area is 88.4 Å². The highest BCUT2D eigenvalue weighted by atomic mass is 16.5. The Morgan fingerprint density at radius 1 is 1.36 bits per heavy atom. The average Bonchev–Trinajstić information content (AvgIpc) is 2.02. The van der Waals surface area contributed by atoms with Crippen LogP contribution in [-0.2, 0) is 4.74 Å². The van der Waals surface area contributed by atoms with Crippen LogP contribution in [0.15, 0.2) is 0 Å². The SMILES string of the molecule is CC1CC(NC(C)(C)C(C)C)CCO1. The van der Waals surface area contributed by atoms with Gasteiger partial charge < -0.3 is 10.1 Å². The van der Waals surface area contributed by atoms with Crippen LogP contribution in [0.5, 0.6) is 0 Å². The fourth-order valence-corrected chi connectivity index (χ4v) is 1.82. The summed E-state index contributed by atoms with van der Waals surface area (Å²) >= 11 is 0. The van der Waals surface area contributed by atoms with Crippen molar-refractivity contribution in [2.75, 3.05) is 6.61 Å². The van der Waals surface area contributed by atoms with E-state index in [4.69, 9.17) is 4.74 Å². The largest absolute Gasteiger partial charge is 0.378 e. The van der Waals surface area contributed by atoms with E-state index in [1.807, 2.05) is 0 Å². The Morgan fingerprint density at radius 3 is 2.50 bits per heavy atom. The molecule has 14 heavy (non-hydrogen) atoms. The van der Waals surface area contributed by atoms with E-state index in [9.17, 15) is 0 Å². The van der Waals surface area contributed by atoms with E-state index < -0.39 is 0 Å². The molecule has 0 aliphatic carbocycles. The van der Waals surface area contributed by atoms with Crippen molar-refractivity contribution in [3.05, 3.63) is 0 Å². The van der Waals surface area contributed by atoms with Gasteiger partial charge in [-0.05, 0) is 39.5 Å². The maximum Gasteiger partial charge on any atom is 0.0561 e. The highest BCUT2D eigenvalue weighted by molar-refractivity contribution is 4.87. The van der Waals surface area contributed by atoms with Gasteiger partial charge in [0.25, 0.3) is 0 Å². The first-order chi connectivity index (χ1) is 6.42. The molecule has 0 radical (unpaired) electrons. The summed E-state index contributed by atoms with van der Waals surface area (Å²) in [6.07, 6.45) is 2.72. The lowest BCUT2D eigenvalue weighted by atomic mass is 9.88. The molecule has 1 saturated heterocycles. The van der Waals surface area contributed by atoms with E-state index in [2.05, 4.69) is 39.9 Å². The minimum atomic E-state index is 0.238. The lowest BCUT2D eigenvalue weighted by Crippen LogP contribution is -2.52. The minimum Gasteiger partial charge on any atom is -0.378 e. The van der Waals surface area contributed by atoms with Gasteiger partial charge in [0, 0.05) is 18.2 Å². The second kappa shape index (κ2) is 4.63. The molecule has 1 heterocycles. The summed E-state index contributed by atoms with van der Waals surface area (Å²) in [5.74, 6) is 0.667. The van der Waals surface area contributed by atoms with Crippen LogP contribution in [0.2, 0.25) is 0 Å². The molecular weight excluding hydrogens is 174 g/mol. The van der Waals surface area contributed by atoms with Crippen LogP contribution in [-0.4, -0.2) is 24.3 Å². The lowest BCUT2D eigenvalue weighted by Gasteiger charge is -2.38. The van der Waals surface area contributed by atoms with Crippen LogP contribution in [0.1, 0.15) is 47.5 Å². The van der Waals surface area contributed by atoms with Crippen molar-refractivity contribution >= 4 is 0 Å². The normalized spacial score (nSPS) is 29.6. The number of rotatable bonds is 3. The first kappa shape index (κ1) is 12.0. The first-order valence-corrected chi connectivity index (χ1v) is 5.81. The van der Waals surface area contributed by atoms with Gasteiger partial charge in [-0.3, -0.25) is 0 Å². The molecule has 0 amide bonds. The third-order valence-electron chi connectivity index (χ3n) is 3.50. The molecule has 2 nitrogen and oxygen atoms in total. The molecule has 2 heteroatoms. The number of ether oxygens (including phenoxy) is 1. The molecule has 1 aliphatic heterocycles. The summed E-state index contributed by atoms with van der Waals surface area (Å²) in [4.78, 5) is 0. The molecule has 1 rings (SSSR count). The summed E-state index contributed by atoms with van der Waals surface area (Å²) in [5, 5.41) is 3.75. The Kier molecular flexibility index (Phi) is 3.96. The summed E-state index contributed by atoms with van der Waals surface area (Å²) in [6, 6.07) is 0.635. The molecule has 2 unspecified atom stereocenters. The Balaban J connectivity index is 2.43. The maximum absolute atomic E-state index is 5.54. The van der Waals surface area contributed by atoms with Gasteiger partial charge in [-0.25, -0.2) is 0 Å². The van der Waals surface area contributed by atoms with Crippen LogP contribution in [0, 0.1) is 5.92 Å². The van der Waals surface area contributed by atoms with Crippen LogP contribution in [0.3, 0.4) is 0 Å². The topological polar surface area (TPSA) is 21.3 Å². The second-order valence-corrected chi connectivity index (χ2v) is 5.42. The highest BCUT2D eigenvalue weighted by Gasteiger charge is 2.28. The van der Waals surface area contributed by atoms with Gasteiger partial charge in [-0.1, -0.05) is 13.8 Å². The fraction of sp³-hybridized carbons (Fsp3) is 1.00. The predicted octanol–water partition coefficient (Wildman–Crippen LogP) is 2.58. The van der Waals surface area contributed by atoms with Gasteiger partial charge >= 0.3 is 0 Å². The third-order valence-corrected chi connectivity index (χ3v) is 3.50. The van der Waals surface area contributed by atoms with E-state index in [1.54, 1.807) is 0 Å². The van der Waals surface area contributed by atoms with Crippen molar-refractivity contribution in [3.63, 3.8) is 0 Å². The molecule has 0 aromatic heterocycles. The van der Waals surface area contributed by atoms with Crippen LogP contribution >= 0.6 is 0 Å². The highest BCUT2D eigenvalue weighted by Crippen LogP contribution is 2.21. The summed E-state index contributed by atoms with van der Waals surface area (Å²) in [7, 11) is 0. The summed E-state index contributed by atoms with van der Waals surface area (Å²) in [5.41, 5.74) is 0.238. The molecule has 1 N–H and O–H groups in total. The summed E-state index contributed by atoms with van der Waals surface area (Å²) < 4.78 is 5.54. The predicted molar refractivity (Wildman–Crippen MR) is 60.5 cm³/mol. The molecule has 0 saturated carbocycles. The van der Waals surface area contributed by atoms with Crippen molar-refractivity contribution < 1.29 is 4.74 Å². The van der Waals surface area contributed by atoms with E-state index >= 15 is 0 Å². The number of hydrogen-bond acceptors (Lipinski definition) is 2. The van der Waals surface area contributed by atoms with Crippen molar-refractivity contribution in [1.29, 1.82) is 0 Å².